The van der Waals surface area contributed by atoms with Crippen molar-refractivity contribution in [2.24, 2.45) is 5.73 Å². The van der Waals surface area contributed by atoms with Gasteiger partial charge in [-0.05, 0) is 29.7 Å². The van der Waals surface area contributed by atoms with E-state index in [1.54, 1.807) is 7.11 Å². The summed E-state index contributed by atoms with van der Waals surface area (Å²) < 4.78 is 23.4. The van der Waals surface area contributed by atoms with E-state index in [-0.39, 0.29) is 13.2 Å². The zero-order valence-electron chi connectivity index (χ0n) is 10.4. The zero-order chi connectivity index (χ0) is 12.7. The molecule has 0 radical (unpaired) electrons. The van der Waals surface area contributed by atoms with Crippen LogP contribution >= 0.6 is 0 Å². The summed E-state index contributed by atoms with van der Waals surface area (Å²) in [5.41, 5.74) is 7.38. The molecule has 0 fully saturated rings. The quantitative estimate of drug-likeness (QED) is 0.794. The number of aryl methyl sites for hydroxylation is 1. The molecule has 3 nitrogen and oxygen atoms in total. The van der Waals surface area contributed by atoms with Crippen molar-refractivity contribution in [3.63, 3.8) is 0 Å². The van der Waals surface area contributed by atoms with Gasteiger partial charge in [-0.15, -0.1) is 0 Å². The monoisotopic (exact) mass is 241 g/mol. The molecule has 2 N–H and O–H groups in total. The summed E-state index contributed by atoms with van der Waals surface area (Å²) in [5, 5.41) is 0. The van der Waals surface area contributed by atoms with Crippen molar-refractivity contribution in [2.45, 2.75) is 26.1 Å². The van der Waals surface area contributed by atoms with Gasteiger partial charge >= 0.3 is 0 Å². The Morgan fingerprint density at radius 2 is 2.00 bits per heavy atom. The second kappa shape index (κ2) is 7.25. The lowest BCUT2D eigenvalue weighted by Gasteiger charge is -2.11. The van der Waals surface area contributed by atoms with E-state index in [0.717, 1.165) is 17.5 Å². The molecular weight excluding hydrogens is 221 g/mol. The van der Waals surface area contributed by atoms with E-state index in [0.29, 0.717) is 12.4 Å². The Bertz CT molecular complexity index is 344. The van der Waals surface area contributed by atoms with E-state index in [9.17, 15) is 4.39 Å². The van der Waals surface area contributed by atoms with Gasteiger partial charge in [-0.1, -0.05) is 13.0 Å². The van der Waals surface area contributed by atoms with Crippen molar-refractivity contribution in [3.8, 4) is 5.75 Å². The van der Waals surface area contributed by atoms with Crippen LogP contribution in [-0.4, -0.2) is 26.4 Å². The van der Waals surface area contributed by atoms with Crippen LogP contribution in [0.3, 0.4) is 0 Å². The summed E-state index contributed by atoms with van der Waals surface area (Å²) in [6, 6.07) is 5.85. The van der Waals surface area contributed by atoms with Gasteiger partial charge in [0.2, 0.25) is 0 Å². The molecule has 0 aliphatic carbocycles. The Hall–Kier alpha value is -1.13. The first-order valence-electron chi connectivity index (χ1n) is 5.78. The van der Waals surface area contributed by atoms with Crippen molar-refractivity contribution in [2.75, 3.05) is 20.3 Å². The molecule has 1 aromatic carbocycles. The molecule has 0 aliphatic rings. The van der Waals surface area contributed by atoms with Crippen LogP contribution in [0, 0.1) is 0 Å². The van der Waals surface area contributed by atoms with Gasteiger partial charge in [0.05, 0.1) is 6.61 Å². The number of benzene rings is 1. The minimum atomic E-state index is -1.12. The molecule has 0 aromatic heterocycles. The Balaban J connectivity index is 2.72. The van der Waals surface area contributed by atoms with Crippen molar-refractivity contribution in [1.82, 2.24) is 0 Å². The summed E-state index contributed by atoms with van der Waals surface area (Å²) in [6.45, 7) is 2.57. The third kappa shape index (κ3) is 4.71. The summed E-state index contributed by atoms with van der Waals surface area (Å²) in [7, 11) is 1.64. The Morgan fingerprint density at radius 1 is 1.29 bits per heavy atom. The second-order valence-electron chi connectivity index (χ2n) is 3.92. The van der Waals surface area contributed by atoms with Gasteiger partial charge in [-0.2, -0.15) is 0 Å². The van der Waals surface area contributed by atoms with E-state index in [1.165, 1.54) is 0 Å². The summed E-state index contributed by atoms with van der Waals surface area (Å²) in [6.07, 6.45) is -0.213. The first-order chi connectivity index (χ1) is 8.19. The molecule has 1 atom stereocenters. The third-order valence-electron chi connectivity index (χ3n) is 2.43. The van der Waals surface area contributed by atoms with Gasteiger partial charge in [0.15, 0.2) is 0 Å². The number of hydrogen-bond acceptors (Lipinski definition) is 3. The number of hydrogen-bond donors (Lipinski definition) is 1. The highest BCUT2D eigenvalue weighted by molar-refractivity contribution is 5.34. The molecule has 0 unspecified atom stereocenters. The lowest BCUT2D eigenvalue weighted by molar-refractivity contribution is 0.182. The molecule has 0 aliphatic heterocycles. The molecule has 4 heteroatoms. The lowest BCUT2D eigenvalue weighted by atomic mass is 10.1. The summed E-state index contributed by atoms with van der Waals surface area (Å²) >= 11 is 0. The summed E-state index contributed by atoms with van der Waals surface area (Å²) in [5.74, 6) is 0.674. The van der Waals surface area contributed by atoms with Crippen LogP contribution in [0.15, 0.2) is 18.2 Å². The van der Waals surface area contributed by atoms with Gasteiger partial charge in [-0.3, -0.25) is 0 Å². The zero-order valence-corrected chi connectivity index (χ0v) is 10.4. The Kier molecular flexibility index (Phi) is 5.94. The first-order valence-corrected chi connectivity index (χ1v) is 5.78. The second-order valence-corrected chi connectivity index (χ2v) is 3.92. The van der Waals surface area contributed by atoms with E-state index in [1.807, 2.05) is 12.1 Å². The van der Waals surface area contributed by atoms with Crippen molar-refractivity contribution in [1.29, 1.82) is 0 Å². The van der Waals surface area contributed by atoms with Gasteiger partial charge < -0.3 is 15.2 Å². The van der Waals surface area contributed by atoms with Crippen molar-refractivity contribution < 1.29 is 13.9 Å². The standard InChI is InChI=1S/C13H20FNO2/c1-3-10-4-11(8-16-2)6-13(5-10)17-9-12(14)7-15/h4-6,12H,3,7-9,15H2,1-2H3/t12-/m1/s1. The number of halogens is 1. The predicted octanol–water partition coefficient (Wildman–Crippen LogP) is 2.07. The van der Waals surface area contributed by atoms with Crippen molar-refractivity contribution >= 4 is 0 Å². The number of alkyl halides is 1. The number of rotatable bonds is 7. The van der Waals surface area contributed by atoms with Crippen LogP contribution in [-0.2, 0) is 17.8 Å². The largest absolute Gasteiger partial charge is 0.490 e. The number of nitrogens with two attached hydrogens (primary N) is 1. The SMILES string of the molecule is CCc1cc(COC)cc(OC[C@H](F)CN)c1. The van der Waals surface area contributed by atoms with E-state index < -0.39 is 6.17 Å². The molecule has 0 heterocycles. The van der Waals surface area contributed by atoms with Gasteiger partial charge in [-0.25, -0.2) is 4.39 Å². The normalized spacial score (nSPS) is 12.5. The highest BCUT2D eigenvalue weighted by atomic mass is 19.1. The average Bonchev–Trinajstić information content (AvgIpc) is 2.36. The molecule has 1 rings (SSSR count). The molecule has 17 heavy (non-hydrogen) atoms. The predicted molar refractivity (Wildman–Crippen MR) is 66.0 cm³/mol. The maximum Gasteiger partial charge on any atom is 0.146 e. The maximum absolute atomic E-state index is 13.0. The molecule has 0 saturated heterocycles. The van der Waals surface area contributed by atoms with Gasteiger partial charge in [0, 0.05) is 13.7 Å². The van der Waals surface area contributed by atoms with Gasteiger partial charge in [0.25, 0.3) is 0 Å². The fourth-order valence-electron chi connectivity index (χ4n) is 1.52. The van der Waals surface area contributed by atoms with Crippen molar-refractivity contribution in [3.05, 3.63) is 29.3 Å². The minimum absolute atomic E-state index is 0.00388. The van der Waals surface area contributed by atoms with E-state index in [2.05, 4.69) is 13.0 Å². The van der Waals surface area contributed by atoms with Gasteiger partial charge in [0.1, 0.15) is 18.5 Å². The molecule has 96 valence electrons. The van der Waals surface area contributed by atoms with E-state index in [4.69, 9.17) is 15.2 Å². The Labute approximate surface area is 102 Å². The molecule has 0 saturated carbocycles. The van der Waals surface area contributed by atoms with Crippen LogP contribution in [0.1, 0.15) is 18.1 Å². The Morgan fingerprint density at radius 3 is 2.59 bits per heavy atom. The van der Waals surface area contributed by atoms with Crippen LogP contribution in [0.25, 0.3) is 0 Å². The van der Waals surface area contributed by atoms with E-state index >= 15 is 0 Å². The summed E-state index contributed by atoms with van der Waals surface area (Å²) in [4.78, 5) is 0. The molecule has 1 aromatic rings. The average molecular weight is 241 g/mol. The maximum atomic E-state index is 13.0. The molecule has 0 amide bonds. The highest BCUT2D eigenvalue weighted by Gasteiger charge is 2.06. The highest BCUT2D eigenvalue weighted by Crippen LogP contribution is 2.19. The smallest absolute Gasteiger partial charge is 0.146 e. The molecule has 0 spiro atoms. The number of ether oxygens (including phenoxy) is 2. The topological polar surface area (TPSA) is 44.5 Å². The fraction of sp³-hybridized carbons (Fsp3) is 0.538. The third-order valence-corrected chi connectivity index (χ3v) is 2.43. The van der Waals surface area contributed by atoms with Crippen LogP contribution < -0.4 is 10.5 Å². The van der Waals surface area contributed by atoms with Crippen LogP contribution in [0.5, 0.6) is 5.75 Å². The lowest BCUT2D eigenvalue weighted by Crippen LogP contribution is -2.22. The van der Waals surface area contributed by atoms with Crippen LogP contribution in [0.2, 0.25) is 0 Å². The molecular formula is C13H20FNO2. The first kappa shape index (κ1) is 13.9. The number of methoxy groups -OCH3 is 1. The fourth-order valence-corrected chi connectivity index (χ4v) is 1.52. The van der Waals surface area contributed by atoms with Crippen LogP contribution in [0.4, 0.5) is 4.39 Å². The molecule has 0 bridgehead atoms. The minimum Gasteiger partial charge on any atom is -0.490 e.